The van der Waals surface area contributed by atoms with Crippen LogP contribution in [0.5, 0.6) is 0 Å². The summed E-state index contributed by atoms with van der Waals surface area (Å²) in [5.41, 5.74) is 0. The van der Waals surface area contributed by atoms with Gasteiger partial charge in [-0.05, 0) is 6.42 Å². The summed E-state index contributed by atoms with van der Waals surface area (Å²) in [4.78, 5) is 11.3. The number of rotatable bonds is 17. The van der Waals surface area contributed by atoms with Gasteiger partial charge in [-0.2, -0.15) is 0 Å². The highest BCUT2D eigenvalue weighted by atomic mass is 16.8. The molecule has 1 rings (SSSR count). The molecule has 1 unspecified atom stereocenters. The molecule has 0 aliphatic carbocycles. The topological polar surface area (TPSA) is 38.8 Å². The van der Waals surface area contributed by atoms with Crippen molar-refractivity contribution in [3.63, 3.8) is 0 Å². The van der Waals surface area contributed by atoms with Crippen molar-refractivity contribution in [1.29, 1.82) is 0 Å². The molecule has 0 aromatic heterocycles. The molecule has 3 heteroatoms. The number of ether oxygens (including phenoxy) is 2. The van der Waals surface area contributed by atoms with E-state index in [2.05, 4.69) is 6.92 Å². The van der Waals surface area contributed by atoms with E-state index < -0.39 is 0 Å². The van der Waals surface area contributed by atoms with Gasteiger partial charge in [-0.1, -0.05) is 96.8 Å². The fourth-order valence-electron chi connectivity index (χ4n) is 2.95. The molecule has 136 valence electrons. The fraction of sp³-hybridized carbons (Fsp3) is 0.950. The quantitative estimate of drug-likeness (QED) is 0.183. The normalized spacial score (nSPS) is 16.5. The Hall–Kier alpha value is -0.570. The predicted molar refractivity (Wildman–Crippen MR) is 95.4 cm³/mol. The van der Waals surface area contributed by atoms with Gasteiger partial charge in [-0.3, -0.25) is 4.79 Å². The van der Waals surface area contributed by atoms with E-state index in [0.717, 1.165) is 12.8 Å². The second-order valence-electron chi connectivity index (χ2n) is 6.95. The average molecular weight is 327 g/mol. The van der Waals surface area contributed by atoms with Crippen LogP contribution in [0.15, 0.2) is 0 Å². The van der Waals surface area contributed by atoms with Gasteiger partial charge in [0, 0.05) is 6.42 Å². The molecule has 0 spiro atoms. The highest BCUT2D eigenvalue weighted by Crippen LogP contribution is 2.15. The smallest absolute Gasteiger partial charge is 0.308 e. The maximum atomic E-state index is 11.3. The molecule has 23 heavy (non-hydrogen) atoms. The molecule has 1 fully saturated rings. The van der Waals surface area contributed by atoms with Crippen LogP contribution in [0.25, 0.3) is 0 Å². The molecular formula is C20H38O3. The Balaban J connectivity index is 1.66. The molecule has 1 saturated heterocycles. The third-order valence-corrected chi connectivity index (χ3v) is 4.55. The summed E-state index contributed by atoms with van der Waals surface area (Å²) in [6, 6.07) is 0. The Labute approximate surface area is 143 Å². The number of hydrogen-bond acceptors (Lipinski definition) is 3. The van der Waals surface area contributed by atoms with Crippen LogP contribution < -0.4 is 0 Å². The van der Waals surface area contributed by atoms with Crippen LogP contribution in [0, 0.1) is 0 Å². The van der Waals surface area contributed by atoms with Crippen LogP contribution >= 0.6 is 0 Å². The lowest BCUT2D eigenvalue weighted by Crippen LogP contribution is -2.06. The highest BCUT2D eigenvalue weighted by Gasteiger charge is 2.26. The fourth-order valence-corrected chi connectivity index (χ4v) is 2.95. The van der Waals surface area contributed by atoms with Crippen LogP contribution in [0.4, 0.5) is 0 Å². The molecule has 1 aliphatic rings. The first-order valence-electron chi connectivity index (χ1n) is 10.1. The number of unbranched alkanes of at least 4 members (excludes halogenated alkanes) is 14. The standard InChI is InChI=1S/C20H38O3/c1-2-3-4-5-6-7-8-9-10-11-12-13-14-15-16-17-19(21)23-20-18-22-20/h20H,2-18H2,1H3. The molecule has 0 aromatic rings. The molecule has 1 heterocycles. The van der Waals surface area contributed by atoms with Crippen molar-refractivity contribution >= 4 is 5.97 Å². The largest absolute Gasteiger partial charge is 0.433 e. The average Bonchev–Trinajstić information content (AvgIpc) is 3.35. The van der Waals surface area contributed by atoms with Gasteiger partial charge in [0.25, 0.3) is 0 Å². The summed E-state index contributed by atoms with van der Waals surface area (Å²) >= 11 is 0. The van der Waals surface area contributed by atoms with E-state index in [9.17, 15) is 4.79 Å². The molecule has 0 amide bonds. The first-order chi connectivity index (χ1) is 11.3. The predicted octanol–water partition coefficient (Wildman–Crippen LogP) is 6.15. The Morgan fingerprint density at radius 2 is 1.17 bits per heavy atom. The van der Waals surface area contributed by atoms with Crippen LogP contribution in [0.2, 0.25) is 0 Å². The SMILES string of the molecule is CCCCCCCCCCCCCCCCCC(=O)OC1CO1. The first-order valence-corrected chi connectivity index (χ1v) is 10.1. The van der Waals surface area contributed by atoms with Crippen LogP contribution in [0.1, 0.15) is 110 Å². The number of epoxide rings is 1. The molecule has 1 atom stereocenters. The van der Waals surface area contributed by atoms with E-state index in [1.807, 2.05) is 0 Å². The zero-order valence-electron chi connectivity index (χ0n) is 15.3. The van der Waals surface area contributed by atoms with Gasteiger partial charge >= 0.3 is 5.97 Å². The summed E-state index contributed by atoms with van der Waals surface area (Å²) in [7, 11) is 0. The number of carbonyl (C=O) groups is 1. The Morgan fingerprint density at radius 1 is 0.783 bits per heavy atom. The Bertz CT molecular complexity index is 274. The molecule has 0 bridgehead atoms. The van der Waals surface area contributed by atoms with Crippen molar-refractivity contribution < 1.29 is 14.3 Å². The van der Waals surface area contributed by atoms with Gasteiger partial charge in [0.15, 0.2) is 0 Å². The molecule has 3 nitrogen and oxygen atoms in total. The van der Waals surface area contributed by atoms with E-state index in [-0.39, 0.29) is 12.3 Å². The number of carbonyl (C=O) groups excluding carboxylic acids is 1. The zero-order chi connectivity index (χ0) is 16.6. The van der Waals surface area contributed by atoms with E-state index in [4.69, 9.17) is 9.47 Å². The highest BCUT2D eigenvalue weighted by molar-refractivity contribution is 5.69. The van der Waals surface area contributed by atoms with Gasteiger partial charge in [-0.25, -0.2) is 0 Å². The first kappa shape index (κ1) is 20.5. The van der Waals surface area contributed by atoms with Crippen molar-refractivity contribution in [3.8, 4) is 0 Å². The van der Waals surface area contributed by atoms with Crippen LogP contribution in [-0.2, 0) is 14.3 Å². The third kappa shape index (κ3) is 14.7. The van der Waals surface area contributed by atoms with Gasteiger partial charge in [0.2, 0.25) is 6.29 Å². The summed E-state index contributed by atoms with van der Waals surface area (Å²) in [6.45, 7) is 2.86. The Kier molecular flexibility index (Phi) is 13.3. The maximum absolute atomic E-state index is 11.3. The Morgan fingerprint density at radius 3 is 1.57 bits per heavy atom. The molecule has 1 aliphatic heterocycles. The monoisotopic (exact) mass is 326 g/mol. The van der Waals surface area contributed by atoms with Crippen molar-refractivity contribution in [2.24, 2.45) is 0 Å². The van der Waals surface area contributed by atoms with Crippen molar-refractivity contribution in [2.45, 2.75) is 116 Å². The molecule has 0 saturated carbocycles. The maximum Gasteiger partial charge on any atom is 0.308 e. The minimum atomic E-state index is -0.223. The van der Waals surface area contributed by atoms with Gasteiger partial charge in [0.1, 0.15) is 6.61 Å². The lowest BCUT2D eigenvalue weighted by atomic mass is 10.0. The van der Waals surface area contributed by atoms with Crippen LogP contribution in [0.3, 0.4) is 0 Å². The second-order valence-corrected chi connectivity index (χ2v) is 6.95. The van der Waals surface area contributed by atoms with Crippen molar-refractivity contribution in [1.82, 2.24) is 0 Å². The lowest BCUT2D eigenvalue weighted by Gasteiger charge is -2.03. The summed E-state index contributed by atoms with van der Waals surface area (Å²) in [5.74, 6) is -0.0952. The third-order valence-electron chi connectivity index (χ3n) is 4.55. The molecule has 0 aromatic carbocycles. The van der Waals surface area contributed by atoms with Gasteiger partial charge in [-0.15, -0.1) is 0 Å². The van der Waals surface area contributed by atoms with Crippen molar-refractivity contribution in [2.75, 3.05) is 6.61 Å². The van der Waals surface area contributed by atoms with Crippen molar-refractivity contribution in [3.05, 3.63) is 0 Å². The van der Waals surface area contributed by atoms with Crippen LogP contribution in [-0.4, -0.2) is 18.9 Å². The van der Waals surface area contributed by atoms with Gasteiger partial charge in [0.05, 0.1) is 0 Å². The minimum absolute atomic E-state index is 0.0952. The number of esters is 1. The number of hydrogen-bond donors (Lipinski definition) is 0. The lowest BCUT2D eigenvalue weighted by molar-refractivity contribution is -0.148. The van der Waals surface area contributed by atoms with Gasteiger partial charge < -0.3 is 9.47 Å². The molecule has 0 N–H and O–H groups in total. The van der Waals surface area contributed by atoms with E-state index in [1.165, 1.54) is 83.5 Å². The van der Waals surface area contributed by atoms with E-state index in [0.29, 0.717) is 13.0 Å². The molecule has 0 radical (unpaired) electrons. The summed E-state index contributed by atoms with van der Waals surface area (Å²) in [5, 5.41) is 0. The second kappa shape index (κ2) is 15.0. The zero-order valence-corrected chi connectivity index (χ0v) is 15.3. The molecular weight excluding hydrogens is 288 g/mol. The minimum Gasteiger partial charge on any atom is -0.433 e. The summed E-state index contributed by atoms with van der Waals surface area (Å²) in [6.07, 6.45) is 20.5. The van der Waals surface area contributed by atoms with E-state index in [1.54, 1.807) is 0 Å². The summed E-state index contributed by atoms with van der Waals surface area (Å²) < 4.78 is 9.88. The van der Waals surface area contributed by atoms with E-state index >= 15 is 0 Å².